The number of hydrogen-bond acceptors (Lipinski definition) is 4. The van der Waals surface area contributed by atoms with Crippen LogP contribution in [-0.2, 0) is 25.2 Å². The maximum Gasteiger partial charge on any atom is 2.00 e. The predicted molar refractivity (Wildman–Crippen MR) is 564 cm³/mol. The quantitative estimate of drug-likeness (QED) is 0.0181. The van der Waals surface area contributed by atoms with Crippen molar-refractivity contribution in [3.8, 4) is 28.0 Å². The molecule has 138 heavy (non-hydrogen) atoms. The molecule has 0 saturated carbocycles. The standard InChI is InChI=1S/4C18H15P.C13H7F3O2.C12H6BrF3.C6H4BF3O2.C6H4BrI.C3H7.2ClH.Li.Mg.Pd.H/c4*1-4-10-16(11-5-1)19(17-12-6-2-7-13-17)18-14-8-3-9-15-18;14-11-5-9(6-12(15)13(11)16)8-1-3-10(4-2-8)18-7-17;13-9-3-1-7(2-4-9)8-5-10(14)12(16)11(15)6-8;8-4-1-3(7(11)12)2-5(9)6(4)10;7-5-1-3-6(8)4-2-5;1-3-2;;;;;;/h4*1-15H;1-7H;1-6H;1-2,11-12H;1-4H;3H,1-2H3;2*1H;;;;/q;;;;;;;;-1;;;+1;+2;;-1/p-2. The number of carbonyl (C=O) groups is 1. The fraction of sp³-hybridized carbons (Fsp3) is 0.0179. The smallest absolute Gasteiger partial charge is 1.00 e. The van der Waals surface area contributed by atoms with E-state index in [-0.39, 0.29) is 101 Å². The number of ether oxygens (including phenoxy) is 1. The van der Waals surface area contributed by atoms with E-state index >= 15 is 0 Å². The Morgan fingerprint density at radius 1 is 0.290 bits per heavy atom. The van der Waals surface area contributed by atoms with Gasteiger partial charge in [0.25, 0.3) is 6.47 Å². The largest absolute Gasteiger partial charge is 2.00 e. The van der Waals surface area contributed by atoms with Gasteiger partial charge in [0.2, 0.25) is 0 Å². The molecular formula is C112H89BBr2Cl2F9ILiMgO4P4Pd-. The molecule has 26 heteroatoms. The maximum atomic E-state index is 13.0. The third kappa shape index (κ3) is 38.7. The summed E-state index contributed by atoms with van der Waals surface area (Å²) in [6.07, 6.45) is 2.00. The number of hydrogen-bond donors (Lipinski definition) is 2. The van der Waals surface area contributed by atoms with E-state index in [9.17, 15) is 44.3 Å². The fourth-order valence-corrected chi connectivity index (χ4v) is 22.8. The molecule has 0 radical (unpaired) electrons. The van der Waals surface area contributed by atoms with Gasteiger partial charge in [-0.2, -0.15) is 13.8 Å². The Morgan fingerprint density at radius 2 is 0.449 bits per heavy atom. The van der Waals surface area contributed by atoms with Gasteiger partial charge in [-0.1, -0.05) is 420 Å². The second-order valence-electron chi connectivity index (χ2n) is 28.3. The average molecular weight is 2300 g/mol. The van der Waals surface area contributed by atoms with Crippen molar-refractivity contribution in [2.45, 2.75) is 13.8 Å². The van der Waals surface area contributed by atoms with Gasteiger partial charge in [-0.3, -0.25) is 4.79 Å². The van der Waals surface area contributed by atoms with Gasteiger partial charge in [-0.15, -0.1) is 0 Å². The zero-order chi connectivity index (χ0) is 94.5. The monoisotopic (exact) mass is 2300 g/mol. The van der Waals surface area contributed by atoms with E-state index in [0.29, 0.717) is 34.6 Å². The van der Waals surface area contributed by atoms with Crippen molar-refractivity contribution in [1.82, 2.24) is 0 Å². The van der Waals surface area contributed by atoms with Crippen LogP contribution in [-0.4, -0.2) is 46.7 Å². The van der Waals surface area contributed by atoms with E-state index in [1.165, 1.54) is 91.5 Å². The first-order valence-corrected chi connectivity index (χ1v) is 49.5. The molecule has 696 valence electrons. The summed E-state index contributed by atoms with van der Waals surface area (Å²) in [5, 5.41) is 33.7. The summed E-state index contributed by atoms with van der Waals surface area (Å²) in [7, 11) is -3.79. The van der Waals surface area contributed by atoms with Crippen molar-refractivity contribution < 1.29 is 125 Å². The van der Waals surface area contributed by atoms with Crippen LogP contribution in [0.15, 0.2) is 482 Å². The van der Waals surface area contributed by atoms with Gasteiger partial charge in [-0.05, 0) is 231 Å². The van der Waals surface area contributed by atoms with Crippen LogP contribution in [0.2, 0.25) is 0 Å². The van der Waals surface area contributed by atoms with Gasteiger partial charge in [0.05, 0.1) is 0 Å². The number of rotatable bonds is 17. The van der Waals surface area contributed by atoms with Crippen LogP contribution in [0.3, 0.4) is 0 Å². The summed E-state index contributed by atoms with van der Waals surface area (Å²) in [5.41, 5.74) is 1.19. The first-order valence-electron chi connectivity index (χ1n) is 41.4. The number of halogens is 14. The number of carbonyl (C=O) groups excluding carboxylic acids is 1. The van der Waals surface area contributed by atoms with Crippen molar-refractivity contribution in [3.63, 3.8) is 0 Å². The minimum absolute atomic E-state index is 0. The molecule has 0 aliphatic rings. The molecule has 0 unspecified atom stereocenters. The molecule has 0 bridgehead atoms. The molecular weight excluding hydrogens is 2210 g/mol. The van der Waals surface area contributed by atoms with Gasteiger partial charge in [0, 0.05) is 32.9 Å². The molecule has 0 spiro atoms. The summed E-state index contributed by atoms with van der Waals surface area (Å²) in [6, 6.07) is 155. The normalized spacial score (nSPS) is 9.91. The summed E-state index contributed by atoms with van der Waals surface area (Å²) in [4.78, 5) is 10.1. The summed E-state index contributed by atoms with van der Waals surface area (Å²) in [5.74, 6) is -12.0. The Bertz CT molecular complexity index is 5520. The van der Waals surface area contributed by atoms with Crippen LogP contribution in [0.1, 0.15) is 15.3 Å². The van der Waals surface area contributed by atoms with Crippen molar-refractivity contribution in [3.05, 3.63) is 544 Å². The second-order valence-corrected chi connectivity index (χ2v) is 40.3. The van der Waals surface area contributed by atoms with E-state index in [0.717, 1.165) is 33.2 Å². The molecule has 0 heterocycles. The Morgan fingerprint density at radius 3 is 0.609 bits per heavy atom. The minimum atomic E-state index is -2.00. The van der Waals surface area contributed by atoms with E-state index in [4.69, 9.17) is 10.0 Å². The molecule has 18 aromatic rings. The molecule has 18 rings (SSSR count). The third-order valence-electron chi connectivity index (χ3n) is 18.8. The third-order valence-corrected chi connectivity index (χ3v) is 30.3. The molecule has 0 aromatic heterocycles. The Hall–Kier alpha value is -9.20. The van der Waals surface area contributed by atoms with Crippen LogP contribution in [0.5, 0.6) is 5.75 Å². The van der Waals surface area contributed by atoms with Gasteiger partial charge >= 0.3 is 49.0 Å². The van der Waals surface area contributed by atoms with E-state index < -0.39 is 96.6 Å². The average Bonchev–Trinajstić information content (AvgIpc) is 0.822. The Labute approximate surface area is 893 Å². The number of benzene rings is 18. The van der Waals surface area contributed by atoms with Gasteiger partial charge < -0.3 is 47.4 Å². The molecule has 0 amide bonds. The van der Waals surface area contributed by atoms with Gasteiger partial charge in [-0.25, -0.2) is 39.5 Å². The molecule has 18 aromatic carbocycles. The Kier molecular flexibility index (Phi) is 56.8. The summed E-state index contributed by atoms with van der Waals surface area (Å²) >= 11 is 8.87. The zero-order valence-electron chi connectivity index (χ0n) is 75.6. The minimum Gasteiger partial charge on any atom is -1.00 e. The molecule has 0 saturated heterocycles. The topological polar surface area (TPSA) is 66.8 Å². The summed E-state index contributed by atoms with van der Waals surface area (Å²) in [6.45, 7) is 4.27. The van der Waals surface area contributed by atoms with Gasteiger partial charge in [0.15, 0.2) is 52.4 Å². The van der Waals surface area contributed by atoms with Gasteiger partial charge in [0.1, 0.15) is 5.75 Å². The molecule has 0 aliphatic heterocycles. The predicted octanol–water partition coefficient (Wildman–Crippen LogP) is 16.4. The van der Waals surface area contributed by atoms with Crippen LogP contribution < -0.4 is 118 Å². The van der Waals surface area contributed by atoms with Crippen molar-refractivity contribution in [2.75, 3.05) is 0 Å². The fourth-order valence-electron chi connectivity index (χ4n) is 12.7. The van der Waals surface area contributed by atoms with Crippen LogP contribution in [0.25, 0.3) is 22.3 Å². The molecule has 4 nitrogen and oxygen atoms in total. The van der Waals surface area contributed by atoms with E-state index in [1.54, 1.807) is 24.3 Å². The molecule has 0 aliphatic carbocycles. The molecule has 0 atom stereocenters. The SMILES string of the molecule is Brc1ccc(I)cc1.C[CH-]C.Fc1cc(-c2ccc(Br)cc2)cc(F)c1F.O=COc1ccc(-c2cc(F)c(F)c(F)c2)cc1.OB(O)c1cc(F)c(F)c(F)c1.[Cl-].[Cl-].[H-].[Li+].[Mg+2].[Pd].c1ccc(P(c2ccccc2)c2ccccc2)cc1.c1ccc(P(c2ccccc2)c2ccccc2)cc1.c1ccc(P(c2ccccc2)c2ccccc2)cc1.c1ccc(P(c2ccccc2)c2ccccc2)cc1. The molecule has 0 fully saturated rings. The van der Waals surface area contributed by atoms with Crippen LogP contribution in [0.4, 0.5) is 39.5 Å². The van der Waals surface area contributed by atoms with E-state index in [1.807, 2.05) is 32.4 Å². The molecule has 2 N–H and O–H groups in total. The second kappa shape index (κ2) is 65.7. The van der Waals surface area contributed by atoms with Crippen LogP contribution >= 0.6 is 86.1 Å². The first-order chi connectivity index (χ1) is 64.7. The summed E-state index contributed by atoms with van der Waals surface area (Å²) < 4.78 is 122. The maximum absolute atomic E-state index is 13.0. The van der Waals surface area contributed by atoms with Crippen molar-refractivity contribution >= 4 is 192 Å². The van der Waals surface area contributed by atoms with E-state index in [2.05, 4.69) is 435 Å². The van der Waals surface area contributed by atoms with Crippen molar-refractivity contribution in [2.24, 2.45) is 0 Å². The Balaban J connectivity index is 0.000000331. The van der Waals surface area contributed by atoms with Crippen molar-refractivity contribution in [1.29, 1.82) is 0 Å². The first kappa shape index (κ1) is 119. The van der Waals surface area contributed by atoms with Crippen LogP contribution in [0, 0.1) is 62.3 Å². The zero-order valence-corrected chi connectivity index (χ0v) is 88.0.